The molecule has 0 aliphatic heterocycles. The van der Waals surface area contributed by atoms with Crippen molar-refractivity contribution in [3.05, 3.63) is 87.0 Å². The lowest BCUT2D eigenvalue weighted by Crippen LogP contribution is -2.24. The fraction of sp³-hybridized carbons (Fsp3) is 0.143. The Balaban J connectivity index is 1.42. The predicted molar refractivity (Wildman–Crippen MR) is 111 cm³/mol. The van der Waals surface area contributed by atoms with Gasteiger partial charge < -0.3 is 10.1 Å². The maximum Gasteiger partial charge on any atom is 0.288 e. The molecule has 146 valence electrons. The van der Waals surface area contributed by atoms with E-state index in [4.69, 9.17) is 4.74 Å². The van der Waals surface area contributed by atoms with Crippen LogP contribution in [0.2, 0.25) is 0 Å². The number of fused-ring (bicyclic) bond motifs is 1. The normalized spacial score (nSPS) is 10.8. The summed E-state index contributed by atoms with van der Waals surface area (Å²) >= 11 is 1.35. The number of hydrogen-bond donors (Lipinski definition) is 1. The van der Waals surface area contributed by atoms with E-state index >= 15 is 0 Å². The molecule has 2 heterocycles. The summed E-state index contributed by atoms with van der Waals surface area (Å²) in [5.41, 5.74) is 2.81. The second-order valence-electron chi connectivity index (χ2n) is 6.42. The highest BCUT2D eigenvalue weighted by Crippen LogP contribution is 2.14. The average Bonchev–Trinajstić information content (AvgIpc) is 3.24. The van der Waals surface area contributed by atoms with E-state index in [0.717, 1.165) is 16.9 Å². The van der Waals surface area contributed by atoms with Gasteiger partial charge in [-0.2, -0.15) is 0 Å². The lowest BCUT2D eigenvalue weighted by atomic mass is 10.1. The minimum Gasteiger partial charge on any atom is -0.497 e. The first-order chi connectivity index (χ1) is 14.1. The molecule has 0 spiro atoms. The third-order valence-electron chi connectivity index (χ3n) is 4.47. The van der Waals surface area contributed by atoms with Gasteiger partial charge in [-0.3, -0.25) is 9.59 Å². The monoisotopic (exact) mass is 406 g/mol. The minimum atomic E-state index is -0.170. The number of nitrogens with zero attached hydrogens (tertiary/aromatic N) is 3. The Bertz CT molecular complexity index is 1210. The lowest BCUT2D eigenvalue weighted by molar-refractivity contribution is 0.0951. The second-order valence-corrected chi connectivity index (χ2v) is 7.33. The molecule has 0 fully saturated rings. The molecule has 0 saturated heterocycles. The highest BCUT2D eigenvalue weighted by Gasteiger charge is 2.09. The second kappa shape index (κ2) is 8.24. The Labute approximate surface area is 170 Å². The molecule has 2 aromatic heterocycles. The Kier molecular flexibility index (Phi) is 5.35. The van der Waals surface area contributed by atoms with Crippen molar-refractivity contribution >= 4 is 27.5 Å². The Hall–Kier alpha value is -3.52. The molecule has 29 heavy (non-hydrogen) atoms. The van der Waals surface area contributed by atoms with Crippen molar-refractivity contribution in [2.45, 2.75) is 13.1 Å². The number of thiophene rings is 1. The molecule has 0 saturated carbocycles. The number of methoxy groups -OCH3 is 1. The summed E-state index contributed by atoms with van der Waals surface area (Å²) in [4.78, 5) is 24.8. The number of carbonyl (C=O) groups is 1. The van der Waals surface area contributed by atoms with Gasteiger partial charge in [0.2, 0.25) is 0 Å². The van der Waals surface area contributed by atoms with Crippen LogP contribution in [0, 0.1) is 0 Å². The van der Waals surface area contributed by atoms with Crippen molar-refractivity contribution < 1.29 is 9.53 Å². The topological polar surface area (TPSA) is 86.1 Å². The quantitative estimate of drug-likeness (QED) is 0.532. The van der Waals surface area contributed by atoms with Crippen molar-refractivity contribution in [1.82, 2.24) is 20.3 Å². The molecule has 0 bridgehead atoms. The number of amides is 1. The summed E-state index contributed by atoms with van der Waals surface area (Å²) in [7, 11) is 1.61. The van der Waals surface area contributed by atoms with E-state index in [2.05, 4.69) is 15.6 Å². The molecule has 0 aliphatic carbocycles. The van der Waals surface area contributed by atoms with Gasteiger partial charge in [-0.15, -0.1) is 16.4 Å². The summed E-state index contributed by atoms with van der Waals surface area (Å²) in [6.07, 6.45) is 0. The van der Waals surface area contributed by atoms with E-state index in [-0.39, 0.29) is 11.5 Å². The molecule has 8 heteroatoms. The van der Waals surface area contributed by atoms with Gasteiger partial charge in [0.1, 0.15) is 16.0 Å². The number of aromatic nitrogens is 3. The molecule has 0 radical (unpaired) electrons. The SMILES string of the molecule is COc1cccc(CNC(=O)c2ccc(Cn3nnc4ccsc4c3=O)cc2)c1. The summed E-state index contributed by atoms with van der Waals surface area (Å²) in [5, 5.41) is 12.8. The summed E-state index contributed by atoms with van der Waals surface area (Å²) in [6.45, 7) is 0.703. The number of nitrogens with one attached hydrogen (secondary N) is 1. The first-order valence-corrected chi connectivity index (χ1v) is 9.83. The minimum absolute atomic E-state index is 0.162. The van der Waals surface area contributed by atoms with Crippen molar-refractivity contribution in [2.75, 3.05) is 7.11 Å². The third-order valence-corrected chi connectivity index (χ3v) is 5.36. The summed E-state index contributed by atoms with van der Waals surface area (Å²) in [6, 6.07) is 16.4. The van der Waals surface area contributed by atoms with E-state index in [1.165, 1.54) is 16.0 Å². The zero-order chi connectivity index (χ0) is 20.2. The predicted octanol–water partition coefficient (Wildman–Crippen LogP) is 2.84. The van der Waals surface area contributed by atoms with Crippen LogP contribution in [0.3, 0.4) is 0 Å². The zero-order valence-electron chi connectivity index (χ0n) is 15.7. The number of ether oxygens (including phenoxy) is 1. The van der Waals surface area contributed by atoms with E-state index in [1.807, 2.05) is 41.8 Å². The van der Waals surface area contributed by atoms with Crippen molar-refractivity contribution in [3.8, 4) is 5.75 Å². The van der Waals surface area contributed by atoms with Crippen molar-refractivity contribution in [1.29, 1.82) is 0 Å². The fourth-order valence-electron chi connectivity index (χ4n) is 2.91. The molecule has 0 atom stereocenters. The highest BCUT2D eigenvalue weighted by molar-refractivity contribution is 7.17. The Morgan fingerprint density at radius 3 is 2.76 bits per heavy atom. The fourth-order valence-corrected chi connectivity index (χ4v) is 3.67. The van der Waals surface area contributed by atoms with Crippen LogP contribution >= 0.6 is 11.3 Å². The van der Waals surface area contributed by atoms with Crippen LogP contribution < -0.4 is 15.6 Å². The summed E-state index contributed by atoms with van der Waals surface area (Å²) < 4.78 is 7.11. The van der Waals surface area contributed by atoms with Gasteiger partial charge in [0.15, 0.2) is 0 Å². The standard InChI is InChI=1S/C21H18N4O3S/c1-28-17-4-2-3-15(11-17)12-22-20(26)16-7-5-14(6-8-16)13-25-21(27)19-18(23-24-25)9-10-29-19/h2-11H,12-13H2,1H3,(H,22,26). The van der Waals surface area contributed by atoms with E-state index in [0.29, 0.717) is 28.9 Å². The molecule has 1 N–H and O–H groups in total. The van der Waals surface area contributed by atoms with Gasteiger partial charge in [0.25, 0.3) is 11.5 Å². The molecular formula is C21H18N4O3S. The summed E-state index contributed by atoms with van der Waals surface area (Å²) in [5.74, 6) is 0.580. The smallest absolute Gasteiger partial charge is 0.288 e. The number of hydrogen-bond acceptors (Lipinski definition) is 6. The van der Waals surface area contributed by atoms with Crippen molar-refractivity contribution in [2.24, 2.45) is 0 Å². The van der Waals surface area contributed by atoms with Crippen LogP contribution in [0.25, 0.3) is 10.2 Å². The van der Waals surface area contributed by atoms with Gasteiger partial charge in [-0.05, 0) is 46.8 Å². The Morgan fingerprint density at radius 1 is 1.14 bits per heavy atom. The van der Waals surface area contributed by atoms with Gasteiger partial charge in [0, 0.05) is 12.1 Å². The Morgan fingerprint density at radius 2 is 1.97 bits per heavy atom. The number of rotatable bonds is 6. The lowest BCUT2D eigenvalue weighted by Gasteiger charge is -2.08. The maximum atomic E-state index is 12.4. The first-order valence-electron chi connectivity index (χ1n) is 8.95. The number of carbonyl (C=O) groups excluding carboxylic acids is 1. The van der Waals surface area contributed by atoms with Crippen molar-refractivity contribution in [3.63, 3.8) is 0 Å². The molecule has 0 unspecified atom stereocenters. The average molecular weight is 406 g/mol. The molecule has 7 nitrogen and oxygen atoms in total. The molecule has 0 aliphatic rings. The van der Waals surface area contributed by atoms with Gasteiger partial charge in [0.05, 0.1) is 13.7 Å². The van der Waals surface area contributed by atoms with Crippen LogP contribution in [0.4, 0.5) is 0 Å². The van der Waals surface area contributed by atoms with Crippen LogP contribution in [0.15, 0.2) is 64.8 Å². The van der Waals surface area contributed by atoms with Crippen LogP contribution in [-0.4, -0.2) is 28.0 Å². The first kappa shape index (κ1) is 18.8. The van der Waals surface area contributed by atoms with E-state index in [1.54, 1.807) is 25.3 Å². The molecule has 4 rings (SSSR count). The largest absolute Gasteiger partial charge is 0.497 e. The number of benzene rings is 2. The van der Waals surface area contributed by atoms with Crippen LogP contribution in [0.5, 0.6) is 5.75 Å². The van der Waals surface area contributed by atoms with Crippen LogP contribution in [0.1, 0.15) is 21.5 Å². The molecule has 4 aromatic rings. The van der Waals surface area contributed by atoms with Crippen LogP contribution in [-0.2, 0) is 13.1 Å². The third kappa shape index (κ3) is 4.17. The zero-order valence-corrected chi connectivity index (χ0v) is 16.5. The molecule has 2 aromatic carbocycles. The van der Waals surface area contributed by atoms with Gasteiger partial charge in [-0.25, -0.2) is 4.68 Å². The van der Waals surface area contributed by atoms with E-state index in [9.17, 15) is 9.59 Å². The highest BCUT2D eigenvalue weighted by atomic mass is 32.1. The molecule has 1 amide bonds. The van der Waals surface area contributed by atoms with Gasteiger partial charge in [-0.1, -0.05) is 29.5 Å². The molecular weight excluding hydrogens is 388 g/mol. The van der Waals surface area contributed by atoms with Gasteiger partial charge >= 0.3 is 0 Å². The van der Waals surface area contributed by atoms with E-state index < -0.39 is 0 Å². The maximum absolute atomic E-state index is 12.4.